The molecule has 4 aliphatic rings. The van der Waals surface area contributed by atoms with Crippen molar-refractivity contribution in [3.63, 3.8) is 0 Å². The highest BCUT2D eigenvalue weighted by molar-refractivity contribution is 5.15. The molecule has 17 heavy (non-hydrogen) atoms. The third kappa shape index (κ3) is 1.61. The fourth-order valence-electron chi connectivity index (χ4n) is 5.35. The van der Waals surface area contributed by atoms with Crippen LogP contribution >= 0.6 is 0 Å². The first-order valence-corrected chi connectivity index (χ1v) is 6.60. The molecule has 4 rings (SSSR count). The van der Waals surface area contributed by atoms with Gasteiger partial charge in [-0.3, -0.25) is 0 Å². The molecule has 0 aromatic rings. The Hall–Kier alpha value is -0.920. The average molecular weight is 234 g/mol. The van der Waals surface area contributed by atoms with Crippen LogP contribution in [0.1, 0.15) is 45.4 Å². The van der Waals surface area contributed by atoms with E-state index in [-0.39, 0.29) is 11.2 Å². The van der Waals surface area contributed by atoms with Gasteiger partial charge in [0.05, 0.1) is 12.5 Å². The fraction of sp³-hybridized carbons (Fsp3) is 0.733. The summed E-state index contributed by atoms with van der Waals surface area (Å²) in [6.45, 7) is 9.88. The quantitative estimate of drug-likeness (QED) is 0.689. The molecule has 0 aromatic carbocycles. The van der Waals surface area contributed by atoms with E-state index in [0.717, 1.165) is 25.2 Å². The van der Waals surface area contributed by atoms with Crippen LogP contribution in [0.5, 0.6) is 0 Å². The Bertz CT molecular complexity index is 334. The molecule has 0 spiro atoms. The second kappa shape index (κ2) is 3.30. The van der Waals surface area contributed by atoms with Gasteiger partial charge in [0.2, 0.25) is 0 Å². The van der Waals surface area contributed by atoms with Crippen molar-refractivity contribution in [3.05, 3.63) is 25.7 Å². The van der Waals surface area contributed by atoms with Crippen LogP contribution in [0, 0.1) is 11.3 Å². The van der Waals surface area contributed by atoms with E-state index in [1.165, 1.54) is 19.3 Å². The van der Waals surface area contributed by atoms with Gasteiger partial charge in [-0.2, -0.15) is 0 Å². The van der Waals surface area contributed by atoms with Crippen molar-refractivity contribution < 1.29 is 9.47 Å². The van der Waals surface area contributed by atoms with Gasteiger partial charge in [-0.05, 0) is 43.4 Å². The Morgan fingerprint density at radius 3 is 1.88 bits per heavy atom. The van der Waals surface area contributed by atoms with E-state index in [9.17, 15) is 0 Å². The molecule has 0 heterocycles. The summed E-state index contributed by atoms with van der Waals surface area (Å²) in [6, 6.07) is 0. The summed E-state index contributed by atoms with van der Waals surface area (Å²) in [6.07, 6.45) is 10.3. The van der Waals surface area contributed by atoms with Crippen LogP contribution in [-0.4, -0.2) is 11.2 Å². The Labute approximate surface area is 104 Å². The van der Waals surface area contributed by atoms with Gasteiger partial charge in [0.25, 0.3) is 0 Å². The van der Waals surface area contributed by atoms with Gasteiger partial charge < -0.3 is 9.47 Å². The van der Waals surface area contributed by atoms with Gasteiger partial charge in [0.15, 0.2) is 0 Å². The van der Waals surface area contributed by atoms with Crippen LogP contribution in [0.15, 0.2) is 25.7 Å². The minimum Gasteiger partial charge on any atom is -0.495 e. The van der Waals surface area contributed by atoms with Crippen LogP contribution in [0.3, 0.4) is 0 Å². The van der Waals surface area contributed by atoms with E-state index in [0.29, 0.717) is 5.41 Å². The molecule has 4 saturated carbocycles. The van der Waals surface area contributed by atoms with Crippen LogP contribution < -0.4 is 0 Å². The molecule has 0 aliphatic heterocycles. The normalized spacial score (nSPS) is 51.0. The highest BCUT2D eigenvalue weighted by Crippen LogP contribution is 2.65. The van der Waals surface area contributed by atoms with Gasteiger partial charge in [0, 0.05) is 6.42 Å². The van der Waals surface area contributed by atoms with Crippen molar-refractivity contribution in [3.8, 4) is 0 Å². The molecule has 0 amide bonds. The lowest BCUT2D eigenvalue weighted by atomic mass is 9.47. The lowest BCUT2D eigenvalue weighted by Gasteiger charge is -2.64. The Morgan fingerprint density at radius 1 is 0.941 bits per heavy atom. The fourth-order valence-corrected chi connectivity index (χ4v) is 5.35. The van der Waals surface area contributed by atoms with Crippen molar-refractivity contribution in [1.29, 1.82) is 0 Å². The van der Waals surface area contributed by atoms with Crippen molar-refractivity contribution >= 4 is 0 Å². The number of hydrogen-bond donors (Lipinski definition) is 0. The van der Waals surface area contributed by atoms with E-state index in [1.807, 2.05) is 0 Å². The summed E-state index contributed by atoms with van der Waals surface area (Å²) < 4.78 is 11.9. The molecular formula is C15H22O2. The molecule has 2 heteroatoms. The molecule has 2 atom stereocenters. The summed E-state index contributed by atoms with van der Waals surface area (Å²) in [7, 11) is 0. The van der Waals surface area contributed by atoms with Crippen LogP contribution in [-0.2, 0) is 9.47 Å². The lowest BCUT2D eigenvalue weighted by molar-refractivity contribution is -0.229. The van der Waals surface area contributed by atoms with Crippen molar-refractivity contribution in [1.82, 2.24) is 0 Å². The predicted molar refractivity (Wildman–Crippen MR) is 67.3 cm³/mol. The largest absolute Gasteiger partial charge is 0.495 e. The molecular weight excluding hydrogens is 212 g/mol. The van der Waals surface area contributed by atoms with Crippen molar-refractivity contribution in [2.24, 2.45) is 11.3 Å². The molecule has 94 valence electrons. The van der Waals surface area contributed by atoms with Gasteiger partial charge in [-0.25, -0.2) is 0 Å². The van der Waals surface area contributed by atoms with Gasteiger partial charge in [-0.1, -0.05) is 20.1 Å². The zero-order chi connectivity index (χ0) is 12.1. The summed E-state index contributed by atoms with van der Waals surface area (Å²) in [5.41, 5.74) is 0.350. The highest BCUT2D eigenvalue weighted by Gasteiger charge is 2.64. The van der Waals surface area contributed by atoms with E-state index >= 15 is 0 Å². The molecule has 2 nitrogen and oxygen atoms in total. The SMILES string of the molecule is C=COC12CC3CC(C)(C1)CC(OC=C)(C3)C2. The first-order chi connectivity index (χ1) is 8.03. The molecule has 4 fully saturated rings. The van der Waals surface area contributed by atoms with Crippen molar-refractivity contribution in [2.45, 2.75) is 56.7 Å². The standard InChI is InChI=1S/C15H22O2/c1-4-16-14-7-12-6-13(3,9-14)10-15(8-12,11-14)17-5-2/h4-5,12H,1-2,6-11H2,3H3. The maximum Gasteiger partial charge on any atom is 0.113 e. The topological polar surface area (TPSA) is 18.5 Å². The van der Waals surface area contributed by atoms with Gasteiger partial charge >= 0.3 is 0 Å². The third-order valence-electron chi connectivity index (χ3n) is 4.91. The third-order valence-corrected chi connectivity index (χ3v) is 4.91. The first kappa shape index (κ1) is 11.2. The summed E-state index contributed by atoms with van der Waals surface area (Å²) in [4.78, 5) is 0. The first-order valence-electron chi connectivity index (χ1n) is 6.60. The predicted octanol–water partition coefficient (Wildman–Crippen LogP) is 3.79. The average Bonchev–Trinajstić information content (AvgIpc) is 2.12. The van der Waals surface area contributed by atoms with Crippen LogP contribution in [0.25, 0.3) is 0 Å². The second-order valence-corrected chi connectivity index (χ2v) is 6.75. The maximum absolute atomic E-state index is 5.93. The van der Waals surface area contributed by atoms with Gasteiger partial charge in [0.1, 0.15) is 11.2 Å². The summed E-state index contributed by atoms with van der Waals surface area (Å²) in [5, 5.41) is 0. The Kier molecular flexibility index (Phi) is 2.17. The molecule has 0 N–H and O–H groups in total. The number of ether oxygens (including phenoxy) is 2. The van der Waals surface area contributed by atoms with E-state index in [4.69, 9.17) is 9.47 Å². The smallest absolute Gasteiger partial charge is 0.113 e. The number of hydrogen-bond acceptors (Lipinski definition) is 2. The molecule has 4 aliphatic carbocycles. The maximum atomic E-state index is 5.93. The highest BCUT2D eigenvalue weighted by atomic mass is 16.5. The minimum absolute atomic E-state index is 0.0150. The Balaban J connectivity index is 1.96. The van der Waals surface area contributed by atoms with Gasteiger partial charge in [-0.15, -0.1) is 0 Å². The molecule has 0 radical (unpaired) electrons. The van der Waals surface area contributed by atoms with E-state index in [2.05, 4.69) is 20.1 Å². The van der Waals surface area contributed by atoms with E-state index in [1.54, 1.807) is 12.5 Å². The monoisotopic (exact) mass is 234 g/mol. The number of rotatable bonds is 4. The molecule has 2 unspecified atom stereocenters. The Morgan fingerprint density at radius 2 is 1.47 bits per heavy atom. The van der Waals surface area contributed by atoms with Crippen LogP contribution in [0.2, 0.25) is 0 Å². The molecule has 4 bridgehead atoms. The second-order valence-electron chi connectivity index (χ2n) is 6.75. The minimum atomic E-state index is -0.0150. The van der Waals surface area contributed by atoms with Crippen LogP contribution in [0.4, 0.5) is 0 Å². The zero-order valence-electron chi connectivity index (χ0n) is 10.7. The van der Waals surface area contributed by atoms with E-state index < -0.39 is 0 Å². The molecule has 0 aromatic heterocycles. The van der Waals surface area contributed by atoms with Crippen molar-refractivity contribution in [2.75, 3.05) is 0 Å². The summed E-state index contributed by atoms with van der Waals surface area (Å²) >= 11 is 0. The lowest BCUT2D eigenvalue weighted by Crippen LogP contribution is -2.63. The molecule has 0 saturated heterocycles. The summed E-state index contributed by atoms with van der Waals surface area (Å²) in [5.74, 6) is 0.746. The zero-order valence-corrected chi connectivity index (χ0v) is 10.7.